The first kappa shape index (κ1) is 21.2. The second kappa shape index (κ2) is 8.88. The monoisotopic (exact) mass is 439 g/mol. The number of rotatable bonds is 3. The summed E-state index contributed by atoms with van der Waals surface area (Å²) in [5.41, 5.74) is 0.661. The number of halogens is 3. The molecule has 1 heterocycles. The van der Waals surface area contributed by atoms with Crippen LogP contribution in [-0.4, -0.2) is 53.0 Å². The molecule has 29 heavy (non-hydrogen) atoms. The number of phenolic OH excluding ortho intramolecular Hbond substituents is 1. The molecule has 1 atom stereocenters. The van der Waals surface area contributed by atoms with Gasteiger partial charge in [-0.15, -0.1) is 0 Å². The number of carbonyl (C=O) groups is 2. The number of benzene rings is 2. The number of phenols is 1. The first-order valence-corrected chi connectivity index (χ1v) is 9.80. The molecule has 1 unspecified atom stereocenters. The lowest BCUT2D eigenvalue weighted by Crippen LogP contribution is -2.53. The maximum Gasteiger partial charge on any atom is 0.317 e. The van der Waals surface area contributed by atoms with Crippen molar-refractivity contribution in [1.82, 2.24) is 15.1 Å². The summed E-state index contributed by atoms with van der Waals surface area (Å²) in [4.78, 5) is 28.3. The van der Waals surface area contributed by atoms with Gasteiger partial charge in [0.25, 0.3) is 5.91 Å². The Labute approximate surface area is 177 Å². The molecular weight excluding hydrogens is 420 g/mol. The molecule has 1 aliphatic heterocycles. The molecule has 2 N–H and O–H groups in total. The molecule has 3 rings (SSSR count). The van der Waals surface area contributed by atoms with Crippen LogP contribution in [0.1, 0.15) is 28.9 Å². The van der Waals surface area contributed by atoms with E-state index in [-0.39, 0.29) is 33.3 Å². The van der Waals surface area contributed by atoms with Gasteiger partial charge in [-0.3, -0.25) is 4.79 Å². The molecule has 2 aromatic rings. The first-order chi connectivity index (χ1) is 13.8. The van der Waals surface area contributed by atoms with Crippen LogP contribution >= 0.6 is 23.2 Å². The SMILES string of the molecule is CC(NC(=O)N1CCN(C(=O)c2ccccc2O)CC1)c1cc(F)c(Cl)cc1Cl. The van der Waals surface area contributed by atoms with Gasteiger partial charge in [-0.1, -0.05) is 35.3 Å². The van der Waals surface area contributed by atoms with Gasteiger partial charge in [-0.05, 0) is 36.8 Å². The predicted octanol–water partition coefficient (Wildman–Crippen LogP) is 4.07. The molecule has 1 fully saturated rings. The molecular formula is C20H20Cl2FN3O3. The van der Waals surface area contributed by atoms with Crippen LogP contribution in [0.5, 0.6) is 5.75 Å². The molecule has 0 aliphatic carbocycles. The standard InChI is InChI=1S/C20H20Cl2FN3O3/c1-12(14-10-17(23)16(22)11-15(14)21)24-20(29)26-8-6-25(7-9-26)19(28)13-4-2-3-5-18(13)27/h2-5,10-12,27H,6-9H2,1H3,(H,24,29). The van der Waals surface area contributed by atoms with E-state index in [1.807, 2.05) is 0 Å². The third-order valence-corrected chi connectivity index (χ3v) is 5.45. The zero-order chi connectivity index (χ0) is 21.1. The fraction of sp³-hybridized carbons (Fsp3) is 0.300. The fourth-order valence-corrected chi connectivity index (χ4v) is 3.71. The summed E-state index contributed by atoms with van der Waals surface area (Å²) in [7, 11) is 0. The average molecular weight is 440 g/mol. The second-order valence-electron chi connectivity index (χ2n) is 6.76. The topological polar surface area (TPSA) is 72.9 Å². The number of carbonyl (C=O) groups excluding carboxylic acids is 2. The van der Waals surface area contributed by atoms with Crippen LogP contribution in [0, 0.1) is 5.82 Å². The highest BCUT2D eigenvalue weighted by Gasteiger charge is 2.27. The van der Waals surface area contributed by atoms with Gasteiger partial charge in [0.05, 0.1) is 16.6 Å². The molecule has 1 saturated heterocycles. The van der Waals surface area contributed by atoms with Crippen LogP contribution in [0.2, 0.25) is 10.0 Å². The van der Waals surface area contributed by atoms with Gasteiger partial charge in [-0.25, -0.2) is 9.18 Å². The first-order valence-electron chi connectivity index (χ1n) is 9.05. The Kier molecular flexibility index (Phi) is 6.49. The third kappa shape index (κ3) is 4.74. The summed E-state index contributed by atoms with van der Waals surface area (Å²) in [6, 6.07) is 8.01. The van der Waals surface area contributed by atoms with Crippen molar-refractivity contribution >= 4 is 35.1 Å². The maximum atomic E-state index is 13.7. The highest BCUT2D eigenvalue weighted by molar-refractivity contribution is 6.35. The Morgan fingerprint density at radius 1 is 1.07 bits per heavy atom. The molecule has 9 heteroatoms. The van der Waals surface area contributed by atoms with E-state index in [0.29, 0.717) is 31.7 Å². The zero-order valence-corrected chi connectivity index (χ0v) is 17.2. The third-order valence-electron chi connectivity index (χ3n) is 4.83. The van der Waals surface area contributed by atoms with E-state index >= 15 is 0 Å². The van der Waals surface area contributed by atoms with Crippen molar-refractivity contribution in [3.63, 3.8) is 0 Å². The maximum absolute atomic E-state index is 13.7. The van der Waals surface area contributed by atoms with E-state index < -0.39 is 11.9 Å². The molecule has 0 spiro atoms. The molecule has 6 nitrogen and oxygen atoms in total. The van der Waals surface area contributed by atoms with E-state index in [9.17, 15) is 19.1 Å². The van der Waals surface area contributed by atoms with Crippen LogP contribution in [0.3, 0.4) is 0 Å². The summed E-state index contributed by atoms with van der Waals surface area (Å²) in [5.74, 6) is -0.957. The average Bonchev–Trinajstić information content (AvgIpc) is 2.70. The summed E-state index contributed by atoms with van der Waals surface area (Å²) in [6.07, 6.45) is 0. The zero-order valence-electron chi connectivity index (χ0n) is 15.7. The fourth-order valence-electron chi connectivity index (χ4n) is 3.16. The van der Waals surface area contributed by atoms with Crippen LogP contribution in [-0.2, 0) is 0 Å². The largest absolute Gasteiger partial charge is 0.507 e. The van der Waals surface area contributed by atoms with E-state index in [0.717, 1.165) is 0 Å². The number of hydrogen-bond acceptors (Lipinski definition) is 3. The van der Waals surface area contributed by atoms with Crippen LogP contribution < -0.4 is 5.32 Å². The normalized spacial score (nSPS) is 15.2. The van der Waals surface area contributed by atoms with E-state index in [2.05, 4.69) is 5.32 Å². The minimum Gasteiger partial charge on any atom is -0.507 e. The van der Waals surface area contributed by atoms with Gasteiger partial charge in [0.2, 0.25) is 0 Å². The Morgan fingerprint density at radius 3 is 2.34 bits per heavy atom. The number of nitrogens with one attached hydrogen (secondary N) is 1. The van der Waals surface area contributed by atoms with Crippen LogP contribution in [0.4, 0.5) is 9.18 Å². The van der Waals surface area contributed by atoms with E-state index in [1.165, 1.54) is 18.2 Å². The van der Waals surface area contributed by atoms with Gasteiger partial charge >= 0.3 is 6.03 Å². The number of nitrogens with zero attached hydrogens (tertiary/aromatic N) is 2. The molecule has 154 valence electrons. The molecule has 0 saturated carbocycles. The van der Waals surface area contributed by atoms with Gasteiger partial charge in [-0.2, -0.15) is 0 Å². The number of urea groups is 1. The molecule has 0 aromatic heterocycles. The lowest BCUT2D eigenvalue weighted by atomic mass is 10.1. The molecule has 3 amide bonds. The Balaban J connectivity index is 1.58. The smallest absolute Gasteiger partial charge is 0.317 e. The van der Waals surface area contributed by atoms with E-state index in [4.69, 9.17) is 23.2 Å². The van der Waals surface area contributed by atoms with Crippen LogP contribution in [0.25, 0.3) is 0 Å². The van der Waals surface area contributed by atoms with Crippen molar-refractivity contribution in [3.8, 4) is 5.75 Å². The number of para-hydroxylation sites is 1. The number of aromatic hydroxyl groups is 1. The lowest BCUT2D eigenvalue weighted by Gasteiger charge is -2.35. The predicted molar refractivity (Wildman–Crippen MR) is 109 cm³/mol. The minimum absolute atomic E-state index is 0.0708. The molecule has 0 radical (unpaired) electrons. The van der Waals surface area contributed by atoms with Crippen molar-refractivity contribution in [1.29, 1.82) is 0 Å². The van der Waals surface area contributed by atoms with Gasteiger partial charge < -0.3 is 20.2 Å². The Hall–Kier alpha value is -2.51. The van der Waals surface area contributed by atoms with Crippen molar-refractivity contribution in [2.45, 2.75) is 13.0 Å². The molecule has 2 aromatic carbocycles. The van der Waals surface area contributed by atoms with Crippen LogP contribution in [0.15, 0.2) is 36.4 Å². The Morgan fingerprint density at radius 2 is 1.69 bits per heavy atom. The van der Waals surface area contributed by atoms with Gasteiger partial charge in [0.1, 0.15) is 11.6 Å². The number of hydrogen-bond donors (Lipinski definition) is 2. The highest BCUT2D eigenvalue weighted by Crippen LogP contribution is 2.28. The van der Waals surface area contributed by atoms with Crippen molar-refractivity contribution < 1.29 is 19.1 Å². The van der Waals surface area contributed by atoms with E-state index in [1.54, 1.807) is 34.9 Å². The summed E-state index contributed by atoms with van der Waals surface area (Å²) < 4.78 is 13.7. The second-order valence-corrected chi connectivity index (χ2v) is 7.57. The van der Waals surface area contributed by atoms with Crippen molar-refractivity contribution in [2.24, 2.45) is 0 Å². The van der Waals surface area contributed by atoms with Gasteiger partial charge in [0, 0.05) is 31.2 Å². The summed E-state index contributed by atoms with van der Waals surface area (Å²) in [5, 5.41) is 12.8. The summed E-state index contributed by atoms with van der Waals surface area (Å²) >= 11 is 11.8. The van der Waals surface area contributed by atoms with Gasteiger partial charge in [0.15, 0.2) is 0 Å². The number of amides is 3. The van der Waals surface area contributed by atoms with Crippen molar-refractivity contribution in [2.75, 3.05) is 26.2 Å². The molecule has 1 aliphatic rings. The minimum atomic E-state index is -0.608. The highest BCUT2D eigenvalue weighted by atomic mass is 35.5. The molecule has 0 bridgehead atoms. The number of piperazine rings is 1. The quantitative estimate of drug-likeness (QED) is 0.707. The summed E-state index contributed by atoms with van der Waals surface area (Å²) in [6.45, 7) is 3.04. The Bertz CT molecular complexity index is 933. The van der Waals surface area contributed by atoms with Crippen molar-refractivity contribution in [3.05, 3.63) is 63.4 Å². The lowest BCUT2D eigenvalue weighted by molar-refractivity contribution is 0.0660.